The molecule has 0 aromatic carbocycles. The van der Waals surface area contributed by atoms with Gasteiger partial charge < -0.3 is 25.1 Å². The lowest BCUT2D eigenvalue weighted by atomic mass is 10.1. The molecule has 0 bridgehead atoms. The molecule has 186 valence electrons. The van der Waals surface area contributed by atoms with Crippen molar-refractivity contribution in [3.05, 3.63) is 27.4 Å². The molecule has 1 unspecified atom stereocenters. The van der Waals surface area contributed by atoms with E-state index >= 15 is 0 Å². The number of carboxylic acids is 2. The maximum absolute atomic E-state index is 13.6. The van der Waals surface area contributed by atoms with Gasteiger partial charge in [-0.1, -0.05) is 6.42 Å². The van der Waals surface area contributed by atoms with Crippen molar-refractivity contribution in [3.8, 4) is 5.75 Å². The SMILES string of the molecule is CC(C)n1c(=O)c(C(=O)N(CCCN2CCCCC2)C(CC(=O)O)C(=O)O)c(O)c2ccsc21. The van der Waals surface area contributed by atoms with Crippen LogP contribution in [0.5, 0.6) is 5.75 Å². The molecule has 34 heavy (non-hydrogen) atoms. The van der Waals surface area contributed by atoms with E-state index in [9.17, 15) is 34.5 Å². The van der Waals surface area contributed by atoms with Crippen LogP contribution in [0, 0.1) is 0 Å². The van der Waals surface area contributed by atoms with Gasteiger partial charge in [0.05, 0.1) is 11.8 Å². The Morgan fingerprint density at radius 3 is 2.41 bits per heavy atom. The van der Waals surface area contributed by atoms with Crippen LogP contribution in [0.25, 0.3) is 10.2 Å². The molecule has 2 aromatic rings. The summed E-state index contributed by atoms with van der Waals surface area (Å²) < 4.78 is 1.39. The Balaban J connectivity index is 2.01. The number of hydrogen-bond acceptors (Lipinski definition) is 7. The molecule has 3 rings (SSSR count). The van der Waals surface area contributed by atoms with Gasteiger partial charge in [-0.2, -0.15) is 0 Å². The fourth-order valence-corrected chi connectivity index (χ4v) is 5.50. The molecule has 1 atom stereocenters. The Kier molecular flexibility index (Phi) is 8.32. The van der Waals surface area contributed by atoms with Crippen molar-refractivity contribution >= 4 is 39.4 Å². The summed E-state index contributed by atoms with van der Waals surface area (Å²) in [4.78, 5) is 54.0. The van der Waals surface area contributed by atoms with Crippen molar-refractivity contribution in [2.45, 2.75) is 58.0 Å². The van der Waals surface area contributed by atoms with E-state index in [1.807, 2.05) is 0 Å². The van der Waals surface area contributed by atoms with Gasteiger partial charge in [-0.3, -0.25) is 19.0 Å². The highest BCUT2D eigenvalue weighted by Gasteiger charge is 2.36. The van der Waals surface area contributed by atoms with Crippen molar-refractivity contribution in [3.63, 3.8) is 0 Å². The number of nitrogens with zero attached hydrogens (tertiary/aromatic N) is 3. The zero-order chi connectivity index (χ0) is 25.0. The molecule has 2 aromatic heterocycles. The van der Waals surface area contributed by atoms with Crippen LogP contribution in [0.3, 0.4) is 0 Å². The van der Waals surface area contributed by atoms with Gasteiger partial charge in [-0.25, -0.2) is 4.79 Å². The van der Waals surface area contributed by atoms with E-state index in [2.05, 4.69) is 4.90 Å². The zero-order valence-electron chi connectivity index (χ0n) is 19.4. The molecule has 11 heteroatoms. The Labute approximate surface area is 201 Å². The maximum atomic E-state index is 13.6. The number of aromatic nitrogens is 1. The van der Waals surface area contributed by atoms with Gasteiger partial charge in [0, 0.05) is 12.6 Å². The number of pyridine rings is 1. The van der Waals surface area contributed by atoms with Crippen LogP contribution >= 0.6 is 11.3 Å². The van der Waals surface area contributed by atoms with E-state index in [1.54, 1.807) is 25.3 Å². The van der Waals surface area contributed by atoms with Crippen LogP contribution in [-0.2, 0) is 9.59 Å². The van der Waals surface area contributed by atoms with Gasteiger partial charge in [0.2, 0.25) is 0 Å². The Morgan fingerprint density at radius 2 is 1.82 bits per heavy atom. The fraction of sp³-hybridized carbons (Fsp3) is 0.565. The lowest BCUT2D eigenvalue weighted by molar-refractivity contribution is -0.148. The second kappa shape index (κ2) is 11.0. The standard InChI is InChI=1S/C23H31N3O7S/c1-14(2)26-21(31)18(19(29)15-7-12-34-22(15)26)20(30)25(16(23(32)33)13-17(27)28)11-6-10-24-8-4-3-5-9-24/h7,12,14,16,29H,3-6,8-11,13H2,1-2H3,(H,27,28)(H,32,33). The van der Waals surface area contributed by atoms with E-state index in [-0.39, 0.29) is 12.6 Å². The average molecular weight is 494 g/mol. The Morgan fingerprint density at radius 1 is 1.15 bits per heavy atom. The minimum atomic E-state index is -1.67. The number of carbonyl (C=O) groups excluding carboxylic acids is 1. The number of amides is 1. The van der Waals surface area contributed by atoms with Gasteiger partial charge in [0.15, 0.2) is 0 Å². The van der Waals surface area contributed by atoms with Crippen molar-refractivity contribution in [2.24, 2.45) is 0 Å². The van der Waals surface area contributed by atoms with Crippen LogP contribution in [0.2, 0.25) is 0 Å². The summed E-state index contributed by atoms with van der Waals surface area (Å²) in [7, 11) is 0. The van der Waals surface area contributed by atoms with E-state index in [0.717, 1.165) is 37.3 Å². The number of fused-ring (bicyclic) bond motifs is 1. The summed E-state index contributed by atoms with van der Waals surface area (Å²) in [6.07, 6.45) is 2.90. The quantitative estimate of drug-likeness (QED) is 0.459. The van der Waals surface area contributed by atoms with Crippen LogP contribution in [0.4, 0.5) is 0 Å². The predicted octanol–water partition coefficient (Wildman–Crippen LogP) is 2.60. The first-order valence-electron chi connectivity index (χ1n) is 11.5. The van der Waals surface area contributed by atoms with Crippen LogP contribution < -0.4 is 5.56 Å². The van der Waals surface area contributed by atoms with Gasteiger partial charge in [-0.15, -0.1) is 11.3 Å². The summed E-state index contributed by atoms with van der Waals surface area (Å²) in [5, 5.41) is 31.9. The van der Waals surface area contributed by atoms with E-state index in [4.69, 9.17) is 0 Å². The van der Waals surface area contributed by atoms with Gasteiger partial charge >= 0.3 is 11.9 Å². The number of carboxylic acid groups (broad SMARTS) is 2. The average Bonchev–Trinajstić information content (AvgIpc) is 3.25. The highest BCUT2D eigenvalue weighted by Crippen LogP contribution is 2.32. The van der Waals surface area contributed by atoms with Gasteiger partial charge in [0.1, 0.15) is 22.2 Å². The smallest absolute Gasteiger partial charge is 0.327 e. The minimum Gasteiger partial charge on any atom is -0.506 e. The monoisotopic (exact) mass is 493 g/mol. The first kappa shape index (κ1) is 25.7. The maximum Gasteiger partial charge on any atom is 0.327 e. The number of thiophene rings is 1. The van der Waals surface area contributed by atoms with Crippen molar-refractivity contribution in [1.82, 2.24) is 14.4 Å². The number of aliphatic carboxylic acids is 2. The van der Waals surface area contributed by atoms with Crippen molar-refractivity contribution in [2.75, 3.05) is 26.2 Å². The molecule has 3 heterocycles. The lowest BCUT2D eigenvalue weighted by Crippen LogP contribution is -2.49. The molecular weight excluding hydrogens is 462 g/mol. The highest BCUT2D eigenvalue weighted by atomic mass is 32.1. The molecular formula is C23H31N3O7S. The summed E-state index contributed by atoms with van der Waals surface area (Å²) in [5.41, 5.74) is -1.26. The minimum absolute atomic E-state index is 0.0538. The number of aromatic hydroxyl groups is 1. The predicted molar refractivity (Wildman–Crippen MR) is 128 cm³/mol. The zero-order valence-corrected chi connectivity index (χ0v) is 20.2. The Bertz CT molecular complexity index is 1120. The number of carbonyl (C=O) groups is 3. The molecule has 10 nitrogen and oxygen atoms in total. The number of rotatable bonds is 10. The summed E-state index contributed by atoms with van der Waals surface area (Å²) in [6.45, 7) is 5.94. The molecule has 1 fully saturated rings. The second-order valence-corrected chi connectivity index (χ2v) is 9.73. The van der Waals surface area contributed by atoms with Crippen LogP contribution in [0.1, 0.15) is 62.4 Å². The molecule has 1 aliphatic heterocycles. The number of piperidine rings is 1. The summed E-state index contributed by atoms with van der Waals surface area (Å²) >= 11 is 1.25. The molecule has 3 N–H and O–H groups in total. The Hall–Kier alpha value is -2.92. The molecule has 0 spiro atoms. The second-order valence-electron chi connectivity index (χ2n) is 8.84. The first-order valence-corrected chi connectivity index (χ1v) is 12.3. The van der Waals surface area contributed by atoms with Crippen molar-refractivity contribution in [1.29, 1.82) is 0 Å². The summed E-state index contributed by atoms with van der Waals surface area (Å²) in [6, 6.07) is -0.393. The molecule has 1 amide bonds. The number of likely N-dealkylation sites (tertiary alicyclic amines) is 1. The first-order chi connectivity index (χ1) is 16.1. The van der Waals surface area contributed by atoms with Crippen LogP contribution in [-0.4, -0.2) is 79.8 Å². The van der Waals surface area contributed by atoms with Gasteiger partial charge in [0.25, 0.3) is 11.5 Å². The molecule has 0 aliphatic carbocycles. The molecule has 0 radical (unpaired) electrons. The van der Waals surface area contributed by atoms with Gasteiger partial charge in [-0.05, 0) is 64.2 Å². The van der Waals surface area contributed by atoms with Crippen LogP contribution in [0.15, 0.2) is 16.2 Å². The topological polar surface area (TPSA) is 140 Å². The fourth-order valence-electron chi connectivity index (χ4n) is 4.46. The van der Waals surface area contributed by atoms with E-state index in [1.165, 1.54) is 15.9 Å². The molecule has 1 saturated heterocycles. The normalized spacial score (nSPS) is 15.5. The van der Waals surface area contributed by atoms with Crippen molar-refractivity contribution < 1.29 is 29.7 Å². The molecule has 0 saturated carbocycles. The summed E-state index contributed by atoms with van der Waals surface area (Å²) in [5.74, 6) is -4.34. The number of hydrogen-bond donors (Lipinski definition) is 3. The lowest BCUT2D eigenvalue weighted by Gasteiger charge is -2.31. The third-order valence-corrected chi connectivity index (χ3v) is 7.04. The highest BCUT2D eigenvalue weighted by molar-refractivity contribution is 7.16. The largest absolute Gasteiger partial charge is 0.506 e. The van der Waals surface area contributed by atoms with E-state index < -0.39 is 47.2 Å². The third-order valence-electron chi connectivity index (χ3n) is 6.13. The van der Waals surface area contributed by atoms with E-state index in [0.29, 0.717) is 23.2 Å². The third kappa shape index (κ3) is 5.41. The molecule has 1 aliphatic rings.